The zero-order valence-electron chi connectivity index (χ0n) is 9.66. The van der Waals surface area contributed by atoms with Crippen LogP contribution in [0.4, 0.5) is 0 Å². The highest BCUT2D eigenvalue weighted by atomic mass is 16.1. The molecule has 0 unspecified atom stereocenters. The highest BCUT2D eigenvalue weighted by Crippen LogP contribution is 2.16. The van der Waals surface area contributed by atoms with E-state index in [9.17, 15) is 4.79 Å². The quantitative estimate of drug-likeness (QED) is 0.686. The average molecular weight is 217 g/mol. The number of nitrogens with zero attached hydrogens (tertiary/aromatic N) is 3. The number of hydrogen-bond donors (Lipinski definition) is 0. The van der Waals surface area contributed by atoms with Gasteiger partial charge in [0.05, 0.1) is 12.5 Å². The molecule has 4 heteroatoms. The first-order valence-electron chi connectivity index (χ1n) is 5.39. The SMILES string of the molecule is CN1CCc2c(cc(CC#N)c(=O)n2C)C1. The molecule has 16 heavy (non-hydrogen) atoms. The molecule has 1 aromatic rings. The summed E-state index contributed by atoms with van der Waals surface area (Å²) in [5.74, 6) is 0. The van der Waals surface area contributed by atoms with Crippen molar-refractivity contribution in [1.82, 2.24) is 9.47 Å². The van der Waals surface area contributed by atoms with Crippen molar-refractivity contribution in [3.05, 3.63) is 33.2 Å². The monoisotopic (exact) mass is 217 g/mol. The standard InChI is InChI=1S/C12H15N3O/c1-14-6-4-11-10(8-14)7-9(3-5-13)12(16)15(11)2/h7H,3-4,6,8H2,1-2H3. The maximum atomic E-state index is 11.9. The Morgan fingerprint density at radius 2 is 2.25 bits per heavy atom. The maximum Gasteiger partial charge on any atom is 0.254 e. The number of hydrogen-bond acceptors (Lipinski definition) is 3. The minimum Gasteiger partial charge on any atom is -0.315 e. The third-order valence-corrected chi connectivity index (χ3v) is 3.14. The molecule has 0 radical (unpaired) electrons. The van der Waals surface area contributed by atoms with Crippen molar-refractivity contribution in [2.24, 2.45) is 7.05 Å². The van der Waals surface area contributed by atoms with E-state index in [1.54, 1.807) is 11.6 Å². The molecule has 84 valence electrons. The van der Waals surface area contributed by atoms with Gasteiger partial charge in [-0.1, -0.05) is 0 Å². The molecule has 1 aliphatic rings. The molecule has 0 atom stereocenters. The molecule has 0 N–H and O–H groups in total. The molecule has 2 heterocycles. The zero-order chi connectivity index (χ0) is 11.7. The Kier molecular flexibility index (Phi) is 2.80. The predicted octanol–water partition coefficient (Wildman–Crippen LogP) is 0.439. The van der Waals surface area contributed by atoms with Gasteiger partial charge in [0.2, 0.25) is 0 Å². The maximum absolute atomic E-state index is 11.9. The van der Waals surface area contributed by atoms with Gasteiger partial charge in [0.15, 0.2) is 0 Å². The highest BCUT2D eigenvalue weighted by Gasteiger charge is 2.18. The topological polar surface area (TPSA) is 49.0 Å². The summed E-state index contributed by atoms with van der Waals surface area (Å²) in [5, 5.41) is 8.68. The molecule has 0 saturated carbocycles. The average Bonchev–Trinajstić information content (AvgIpc) is 2.25. The van der Waals surface area contributed by atoms with E-state index in [-0.39, 0.29) is 12.0 Å². The van der Waals surface area contributed by atoms with E-state index in [1.807, 2.05) is 12.1 Å². The Morgan fingerprint density at radius 1 is 1.50 bits per heavy atom. The molecule has 0 fully saturated rings. The number of likely N-dealkylation sites (N-methyl/N-ethyl adjacent to an activating group) is 1. The molecule has 1 aromatic heterocycles. The molecular formula is C12H15N3O. The predicted molar refractivity (Wildman–Crippen MR) is 61.0 cm³/mol. The third kappa shape index (κ3) is 1.74. The van der Waals surface area contributed by atoms with Gasteiger partial charge in [0.1, 0.15) is 0 Å². The first-order valence-corrected chi connectivity index (χ1v) is 5.39. The van der Waals surface area contributed by atoms with Crippen LogP contribution < -0.4 is 5.56 Å². The number of nitriles is 1. The van der Waals surface area contributed by atoms with Gasteiger partial charge in [-0.05, 0) is 18.7 Å². The number of aromatic nitrogens is 1. The van der Waals surface area contributed by atoms with E-state index in [0.717, 1.165) is 25.2 Å². The summed E-state index contributed by atoms with van der Waals surface area (Å²) in [7, 11) is 3.87. The minimum atomic E-state index is -0.0233. The van der Waals surface area contributed by atoms with Gasteiger partial charge in [-0.25, -0.2) is 0 Å². The van der Waals surface area contributed by atoms with Crippen LogP contribution in [-0.2, 0) is 26.4 Å². The van der Waals surface area contributed by atoms with E-state index < -0.39 is 0 Å². The van der Waals surface area contributed by atoms with E-state index in [0.29, 0.717) is 5.56 Å². The van der Waals surface area contributed by atoms with E-state index >= 15 is 0 Å². The Bertz CT molecular complexity index is 510. The molecule has 0 amide bonds. The van der Waals surface area contributed by atoms with Gasteiger partial charge in [0.25, 0.3) is 5.56 Å². The summed E-state index contributed by atoms with van der Waals surface area (Å²) in [6.45, 7) is 1.85. The summed E-state index contributed by atoms with van der Waals surface area (Å²) >= 11 is 0. The zero-order valence-corrected chi connectivity index (χ0v) is 9.66. The van der Waals surface area contributed by atoms with E-state index in [2.05, 4.69) is 11.9 Å². The molecular weight excluding hydrogens is 202 g/mol. The van der Waals surface area contributed by atoms with Crippen LogP contribution in [0.15, 0.2) is 10.9 Å². The Balaban J connectivity index is 2.55. The fourth-order valence-electron chi connectivity index (χ4n) is 2.25. The number of rotatable bonds is 1. The van der Waals surface area contributed by atoms with E-state index in [4.69, 9.17) is 5.26 Å². The van der Waals surface area contributed by atoms with Gasteiger partial charge in [-0.3, -0.25) is 4.79 Å². The molecule has 0 aliphatic carbocycles. The van der Waals surface area contributed by atoms with Crippen LogP contribution in [0.1, 0.15) is 16.8 Å². The molecule has 0 aromatic carbocycles. The third-order valence-electron chi connectivity index (χ3n) is 3.14. The highest BCUT2D eigenvalue weighted by molar-refractivity contribution is 5.30. The Hall–Kier alpha value is -1.60. The fraction of sp³-hybridized carbons (Fsp3) is 0.500. The van der Waals surface area contributed by atoms with Crippen LogP contribution >= 0.6 is 0 Å². The number of fused-ring (bicyclic) bond motifs is 1. The van der Waals surface area contributed by atoms with Crippen LogP contribution in [0, 0.1) is 11.3 Å². The van der Waals surface area contributed by atoms with Crippen molar-refractivity contribution < 1.29 is 0 Å². The lowest BCUT2D eigenvalue weighted by Crippen LogP contribution is -2.34. The second-order valence-corrected chi connectivity index (χ2v) is 4.33. The van der Waals surface area contributed by atoms with Crippen LogP contribution in [0.3, 0.4) is 0 Å². The van der Waals surface area contributed by atoms with Crippen molar-refractivity contribution in [3.8, 4) is 6.07 Å². The molecule has 0 spiro atoms. The van der Waals surface area contributed by atoms with Crippen molar-refractivity contribution in [3.63, 3.8) is 0 Å². The van der Waals surface area contributed by atoms with Gasteiger partial charge >= 0.3 is 0 Å². The normalized spacial score (nSPS) is 15.6. The largest absolute Gasteiger partial charge is 0.315 e. The minimum absolute atomic E-state index is 0.0233. The van der Waals surface area contributed by atoms with Gasteiger partial charge in [-0.2, -0.15) is 5.26 Å². The lowest BCUT2D eigenvalue weighted by molar-refractivity contribution is 0.305. The summed E-state index contributed by atoms with van der Waals surface area (Å²) in [4.78, 5) is 14.1. The Morgan fingerprint density at radius 3 is 2.94 bits per heavy atom. The second kappa shape index (κ2) is 4.11. The molecule has 2 rings (SSSR count). The lowest BCUT2D eigenvalue weighted by atomic mass is 10.0. The first-order chi connectivity index (χ1) is 7.63. The fourth-order valence-corrected chi connectivity index (χ4v) is 2.25. The Labute approximate surface area is 94.7 Å². The lowest BCUT2D eigenvalue weighted by Gasteiger charge is -2.26. The van der Waals surface area contributed by atoms with Gasteiger partial charge < -0.3 is 9.47 Å². The summed E-state index contributed by atoms with van der Waals surface area (Å²) < 4.78 is 1.70. The van der Waals surface area contributed by atoms with Crippen molar-refractivity contribution in [2.45, 2.75) is 19.4 Å². The first kappa shape index (κ1) is 10.9. The molecule has 1 aliphatic heterocycles. The summed E-state index contributed by atoms with van der Waals surface area (Å²) in [6, 6.07) is 3.94. The molecule has 4 nitrogen and oxygen atoms in total. The van der Waals surface area contributed by atoms with Crippen molar-refractivity contribution >= 4 is 0 Å². The van der Waals surface area contributed by atoms with Gasteiger partial charge in [0, 0.05) is 37.8 Å². The molecule has 0 bridgehead atoms. The van der Waals surface area contributed by atoms with Crippen LogP contribution in [0.2, 0.25) is 0 Å². The van der Waals surface area contributed by atoms with E-state index in [1.165, 1.54) is 5.56 Å². The van der Waals surface area contributed by atoms with Crippen molar-refractivity contribution in [1.29, 1.82) is 5.26 Å². The summed E-state index contributed by atoms with van der Waals surface area (Å²) in [5.41, 5.74) is 2.88. The number of pyridine rings is 1. The molecule has 0 saturated heterocycles. The van der Waals surface area contributed by atoms with Crippen molar-refractivity contribution in [2.75, 3.05) is 13.6 Å². The van der Waals surface area contributed by atoms with Crippen LogP contribution in [0.5, 0.6) is 0 Å². The van der Waals surface area contributed by atoms with Crippen LogP contribution in [0.25, 0.3) is 0 Å². The van der Waals surface area contributed by atoms with Gasteiger partial charge in [-0.15, -0.1) is 0 Å². The summed E-state index contributed by atoms with van der Waals surface area (Å²) in [6.07, 6.45) is 1.11. The smallest absolute Gasteiger partial charge is 0.254 e. The second-order valence-electron chi connectivity index (χ2n) is 4.33. The van der Waals surface area contributed by atoms with Crippen LogP contribution in [-0.4, -0.2) is 23.1 Å².